The van der Waals surface area contributed by atoms with Crippen molar-refractivity contribution in [3.05, 3.63) is 45.6 Å². The van der Waals surface area contributed by atoms with Crippen LogP contribution in [0.4, 0.5) is 11.5 Å². The average molecular weight is 362 g/mol. The van der Waals surface area contributed by atoms with Crippen LogP contribution in [0.1, 0.15) is 27.7 Å². The number of fused-ring (bicyclic) bond motifs is 1. The lowest BCUT2D eigenvalue weighted by Crippen LogP contribution is -2.03. The van der Waals surface area contributed by atoms with Gasteiger partial charge < -0.3 is 10.1 Å². The molecule has 3 aromatic rings. The summed E-state index contributed by atoms with van der Waals surface area (Å²) in [6.07, 6.45) is 1.48. The van der Waals surface area contributed by atoms with Gasteiger partial charge >= 0.3 is 5.97 Å². The lowest BCUT2D eigenvalue weighted by atomic mass is 10.2. The first-order valence-corrected chi connectivity index (χ1v) is 8.65. The zero-order valence-corrected chi connectivity index (χ0v) is 15.1. The first-order chi connectivity index (χ1) is 11.5. The average Bonchev–Trinajstić information content (AvgIpc) is 2.89. The molecule has 3 rings (SSSR count). The predicted octanol–water partition coefficient (Wildman–Crippen LogP) is 4.88. The summed E-state index contributed by atoms with van der Waals surface area (Å²) < 4.78 is 5.11. The van der Waals surface area contributed by atoms with E-state index < -0.39 is 0 Å². The molecule has 0 spiro atoms. The Labute approximate surface area is 148 Å². The minimum Gasteiger partial charge on any atom is -0.462 e. The van der Waals surface area contributed by atoms with Gasteiger partial charge in [0.05, 0.1) is 12.0 Å². The molecule has 2 aromatic heterocycles. The van der Waals surface area contributed by atoms with Crippen LogP contribution in [0.25, 0.3) is 10.2 Å². The van der Waals surface area contributed by atoms with Crippen molar-refractivity contribution in [2.45, 2.75) is 20.8 Å². The second kappa shape index (κ2) is 6.75. The minimum atomic E-state index is -0.331. The first kappa shape index (κ1) is 16.7. The maximum atomic E-state index is 12.1. The second-order valence-electron chi connectivity index (χ2n) is 5.27. The summed E-state index contributed by atoms with van der Waals surface area (Å²) in [7, 11) is 0. The Morgan fingerprint density at radius 1 is 1.33 bits per heavy atom. The molecule has 0 aliphatic rings. The van der Waals surface area contributed by atoms with E-state index in [1.54, 1.807) is 6.92 Å². The first-order valence-electron chi connectivity index (χ1n) is 7.45. The van der Waals surface area contributed by atoms with Crippen molar-refractivity contribution in [2.24, 2.45) is 0 Å². The van der Waals surface area contributed by atoms with Crippen LogP contribution in [0.3, 0.4) is 0 Å². The summed E-state index contributed by atoms with van der Waals surface area (Å²) in [6, 6.07) is 5.72. The molecular weight excluding hydrogens is 346 g/mol. The number of hydrogen-bond acceptors (Lipinski definition) is 6. The fourth-order valence-corrected chi connectivity index (χ4v) is 3.59. The number of aromatic nitrogens is 2. The van der Waals surface area contributed by atoms with E-state index in [1.807, 2.05) is 32.0 Å². The van der Waals surface area contributed by atoms with E-state index >= 15 is 0 Å². The van der Waals surface area contributed by atoms with Gasteiger partial charge in [0.15, 0.2) is 0 Å². The van der Waals surface area contributed by atoms with Gasteiger partial charge in [0.1, 0.15) is 21.9 Å². The van der Waals surface area contributed by atoms with Crippen molar-refractivity contribution in [3.8, 4) is 0 Å². The number of ether oxygens (including phenoxy) is 1. The molecule has 0 fully saturated rings. The van der Waals surface area contributed by atoms with Gasteiger partial charge in [-0.05, 0) is 44.0 Å². The molecule has 1 N–H and O–H groups in total. The van der Waals surface area contributed by atoms with Crippen LogP contribution in [0, 0.1) is 13.8 Å². The van der Waals surface area contributed by atoms with Crippen LogP contribution in [-0.4, -0.2) is 22.5 Å². The third-order valence-corrected chi connectivity index (χ3v) is 5.21. The highest BCUT2D eigenvalue weighted by atomic mass is 35.5. The Hall–Kier alpha value is -2.18. The smallest absolute Gasteiger partial charge is 0.348 e. The number of esters is 1. The Kier molecular flexibility index (Phi) is 4.69. The van der Waals surface area contributed by atoms with Gasteiger partial charge in [-0.2, -0.15) is 0 Å². The van der Waals surface area contributed by atoms with Crippen molar-refractivity contribution in [1.29, 1.82) is 0 Å². The Bertz CT molecular complexity index is 924. The molecule has 24 heavy (non-hydrogen) atoms. The molecule has 2 heterocycles. The van der Waals surface area contributed by atoms with E-state index in [9.17, 15) is 4.79 Å². The van der Waals surface area contributed by atoms with Gasteiger partial charge in [-0.3, -0.25) is 0 Å². The van der Waals surface area contributed by atoms with E-state index in [2.05, 4.69) is 15.3 Å². The van der Waals surface area contributed by atoms with Crippen LogP contribution in [-0.2, 0) is 4.74 Å². The van der Waals surface area contributed by atoms with Crippen molar-refractivity contribution in [1.82, 2.24) is 9.97 Å². The Morgan fingerprint density at radius 3 is 2.83 bits per heavy atom. The molecule has 0 bridgehead atoms. The van der Waals surface area contributed by atoms with Crippen LogP contribution >= 0.6 is 22.9 Å². The quantitative estimate of drug-likeness (QED) is 0.671. The van der Waals surface area contributed by atoms with Crippen LogP contribution in [0.2, 0.25) is 5.02 Å². The van der Waals surface area contributed by atoms with E-state index in [0.717, 1.165) is 27.0 Å². The van der Waals surface area contributed by atoms with Gasteiger partial charge in [0.2, 0.25) is 0 Å². The van der Waals surface area contributed by atoms with Gasteiger partial charge in [0, 0.05) is 10.7 Å². The second-order valence-corrected chi connectivity index (χ2v) is 6.67. The maximum absolute atomic E-state index is 12.1. The zero-order valence-electron chi connectivity index (χ0n) is 13.5. The van der Waals surface area contributed by atoms with Crippen molar-refractivity contribution < 1.29 is 9.53 Å². The van der Waals surface area contributed by atoms with Crippen molar-refractivity contribution in [3.63, 3.8) is 0 Å². The number of carbonyl (C=O) groups is 1. The normalized spacial score (nSPS) is 10.8. The fraction of sp³-hybridized carbons (Fsp3) is 0.235. The zero-order chi connectivity index (χ0) is 17.3. The highest BCUT2D eigenvalue weighted by molar-refractivity contribution is 7.20. The summed E-state index contributed by atoms with van der Waals surface area (Å²) >= 11 is 7.49. The number of halogens is 1. The third-order valence-electron chi connectivity index (χ3n) is 3.62. The van der Waals surface area contributed by atoms with E-state index in [0.29, 0.717) is 22.3 Å². The van der Waals surface area contributed by atoms with Crippen LogP contribution in [0.15, 0.2) is 24.5 Å². The number of anilines is 2. The summed E-state index contributed by atoms with van der Waals surface area (Å²) in [4.78, 5) is 22.0. The van der Waals surface area contributed by atoms with Crippen molar-refractivity contribution >= 4 is 50.6 Å². The molecule has 0 atom stereocenters. The Morgan fingerprint density at radius 2 is 2.12 bits per heavy atom. The molecule has 0 aliphatic heterocycles. The molecule has 7 heteroatoms. The number of nitrogens with zero attached hydrogens (tertiary/aromatic N) is 2. The SMILES string of the molecule is CCOC(=O)c1sc2ncnc(Nc3ccc(C)c(Cl)c3)c2c1C. The van der Waals surface area contributed by atoms with Gasteiger partial charge in [-0.1, -0.05) is 17.7 Å². The molecule has 0 saturated heterocycles. The number of benzene rings is 1. The molecule has 0 amide bonds. The van der Waals surface area contributed by atoms with E-state index in [1.165, 1.54) is 17.7 Å². The molecule has 0 aliphatic carbocycles. The summed E-state index contributed by atoms with van der Waals surface area (Å²) in [6.45, 7) is 5.95. The minimum absolute atomic E-state index is 0.331. The third kappa shape index (κ3) is 3.07. The lowest BCUT2D eigenvalue weighted by molar-refractivity contribution is 0.0531. The van der Waals surface area contributed by atoms with E-state index in [4.69, 9.17) is 16.3 Å². The van der Waals surface area contributed by atoms with Crippen molar-refractivity contribution in [2.75, 3.05) is 11.9 Å². The standard InChI is InChI=1S/C17H16ClN3O2S/c1-4-23-17(22)14-10(3)13-15(19-8-20-16(13)24-14)21-11-6-5-9(2)12(18)7-11/h5-8H,4H2,1-3H3,(H,19,20,21). The van der Waals surface area contributed by atoms with E-state index in [-0.39, 0.29) is 5.97 Å². The monoisotopic (exact) mass is 361 g/mol. The maximum Gasteiger partial charge on any atom is 0.348 e. The predicted molar refractivity (Wildman–Crippen MR) is 97.6 cm³/mol. The molecule has 5 nitrogen and oxygen atoms in total. The number of carbonyl (C=O) groups excluding carboxylic acids is 1. The summed E-state index contributed by atoms with van der Waals surface area (Å²) in [5.74, 6) is 0.312. The van der Waals surface area contributed by atoms with Gasteiger partial charge in [-0.25, -0.2) is 14.8 Å². The summed E-state index contributed by atoms with van der Waals surface area (Å²) in [5, 5.41) is 4.76. The number of nitrogens with one attached hydrogen (secondary N) is 1. The number of thiophene rings is 1. The highest BCUT2D eigenvalue weighted by Gasteiger charge is 2.20. The van der Waals surface area contributed by atoms with Crippen LogP contribution < -0.4 is 5.32 Å². The Balaban J connectivity index is 2.05. The molecular formula is C17H16ClN3O2S. The molecule has 0 radical (unpaired) electrons. The molecule has 1 aromatic carbocycles. The summed E-state index contributed by atoms with van der Waals surface area (Å²) in [5.41, 5.74) is 2.65. The lowest BCUT2D eigenvalue weighted by Gasteiger charge is -2.08. The number of rotatable bonds is 4. The molecule has 0 unspecified atom stereocenters. The number of hydrogen-bond donors (Lipinski definition) is 1. The fourth-order valence-electron chi connectivity index (χ4n) is 2.37. The van der Waals surface area contributed by atoms with Crippen LogP contribution in [0.5, 0.6) is 0 Å². The van der Waals surface area contributed by atoms with Gasteiger partial charge in [0.25, 0.3) is 0 Å². The largest absolute Gasteiger partial charge is 0.462 e. The topological polar surface area (TPSA) is 64.1 Å². The van der Waals surface area contributed by atoms with Gasteiger partial charge in [-0.15, -0.1) is 11.3 Å². The highest BCUT2D eigenvalue weighted by Crippen LogP contribution is 2.35. The molecule has 0 saturated carbocycles. The molecule has 124 valence electrons. The number of aryl methyl sites for hydroxylation is 2.